The molecule has 0 bridgehead atoms. The van der Waals surface area contributed by atoms with Crippen molar-refractivity contribution in [1.82, 2.24) is 14.1 Å². The molecule has 2 aromatic carbocycles. The number of aromatic nitrogens is 3. The number of para-hydroxylation sites is 1. The van der Waals surface area contributed by atoms with E-state index in [9.17, 15) is 14.7 Å². The van der Waals surface area contributed by atoms with E-state index in [4.69, 9.17) is 14.2 Å². The zero-order valence-corrected chi connectivity index (χ0v) is 21.3. The Bertz CT molecular complexity index is 1530. The highest BCUT2D eigenvalue weighted by Gasteiger charge is 2.25. The molecule has 196 valence electrons. The largest absolute Gasteiger partial charge is 0.494 e. The summed E-state index contributed by atoms with van der Waals surface area (Å²) in [6, 6.07) is 17.4. The molecule has 0 aliphatic heterocycles. The van der Waals surface area contributed by atoms with Gasteiger partial charge in [0.2, 0.25) is 5.88 Å². The highest BCUT2D eigenvalue weighted by Crippen LogP contribution is 2.33. The van der Waals surface area contributed by atoms with E-state index in [1.807, 2.05) is 12.1 Å². The molecule has 0 unspecified atom stereocenters. The summed E-state index contributed by atoms with van der Waals surface area (Å²) in [7, 11) is 3.03. The second kappa shape index (κ2) is 10.9. The van der Waals surface area contributed by atoms with Gasteiger partial charge in [-0.15, -0.1) is 0 Å². The Morgan fingerprint density at radius 1 is 0.947 bits per heavy atom. The van der Waals surface area contributed by atoms with Gasteiger partial charge in [0, 0.05) is 24.4 Å². The van der Waals surface area contributed by atoms with Gasteiger partial charge in [-0.1, -0.05) is 24.3 Å². The molecule has 1 aliphatic rings. The number of hydrogen-bond donors (Lipinski definition) is 1. The monoisotopic (exact) mass is 515 g/mol. The van der Waals surface area contributed by atoms with Gasteiger partial charge in [-0.05, 0) is 55.2 Å². The molecule has 0 amide bonds. The quantitative estimate of drug-likeness (QED) is 0.362. The zero-order valence-electron chi connectivity index (χ0n) is 21.3. The van der Waals surface area contributed by atoms with Crippen LogP contribution < -0.4 is 20.6 Å². The molecule has 9 heteroatoms. The number of nitrogens with zero attached hydrogens (tertiary/aromatic N) is 3. The maximum Gasteiger partial charge on any atom is 0.265 e. The maximum atomic E-state index is 14.0. The summed E-state index contributed by atoms with van der Waals surface area (Å²) in [4.78, 5) is 30.5. The molecule has 9 nitrogen and oxygen atoms in total. The predicted octanol–water partition coefficient (Wildman–Crippen LogP) is 3.77. The van der Waals surface area contributed by atoms with Crippen LogP contribution in [0.15, 0.2) is 76.4 Å². The van der Waals surface area contributed by atoms with Crippen LogP contribution in [0.25, 0.3) is 11.4 Å². The van der Waals surface area contributed by atoms with Gasteiger partial charge in [-0.2, -0.15) is 4.98 Å². The molecule has 38 heavy (non-hydrogen) atoms. The summed E-state index contributed by atoms with van der Waals surface area (Å²) in [6.45, 7) is 0.0511. The lowest BCUT2D eigenvalue weighted by Crippen LogP contribution is -2.30. The van der Waals surface area contributed by atoms with E-state index in [0.29, 0.717) is 22.9 Å². The number of hydrogen-bond acceptors (Lipinski definition) is 7. The van der Waals surface area contributed by atoms with Crippen molar-refractivity contribution >= 4 is 0 Å². The summed E-state index contributed by atoms with van der Waals surface area (Å²) in [5.41, 5.74) is 1.38. The van der Waals surface area contributed by atoms with Gasteiger partial charge in [0.05, 0.1) is 25.9 Å². The Hall–Kier alpha value is -4.37. The minimum atomic E-state index is -0.448. The lowest BCUT2D eigenvalue weighted by Gasteiger charge is -2.26. The molecule has 0 saturated heterocycles. The molecule has 1 fully saturated rings. The summed E-state index contributed by atoms with van der Waals surface area (Å²) < 4.78 is 20.0. The molecular weight excluding hydrogens is 486 g/mol. The molecule has 1 N–H and O–H groups in total. The molecule has 2 heterocycles. The van der Waals surface area contributed by atoms with E-state index in [-0.39, 0.29) is 42.0 Å². The van der Waals surface area contributed by atoms with E-state index >= 15 is 0 Å². The zero-order chi connectivity index (χ0) is 26.6. The molecule has 0 spiro atoms. The number of benzene rings is 2. The van der Waals surface area contributed by atoms with Crippen molar-refractivity contribution in [2.24, 2.45) is 0 Å². The lowest BCUT2D eigenvalue weighted by atomic mass is 9.96. The van der Waals surface area contributed by atoms with E-state index in [1.54, 1.807) is 48.7 Å². The van der Waals surface area contributed by atoms with Crippen molar-refractivity contribution < 1.29 is 19.3 Å². The minimum Gasteiger partial charge on any atom is -0.494 e. The van der Waals surface area contributed by atoms with Crippen LogP contribution in [0.3, 0.4) is 0 Å². The Labute approximate surface area is 219 Å². The average Bonchev–Trinajstić information content (AvgIpc) is 2.90. The first-order valence-corrected chi connectivity index (χ1v) is 12.4. The molecule has 0 radical (unpaired) electrons. The van der Waals surface area contributed by atoms with E-state index in [0.717, 1.165) is 24.8 Å². The molecule has 0 atom stereocenters. The summed E-state index contributed by atoms with van der Waals surface area (Å²) >= 11 is 0. The van der Waals surface area contributed by atoms with Crippen molar-refractivity contribution in [3.63, 3.8) is 0 Å². The lowest BCUT2D eigenvalue weighted by molar-refractivity contribution is -0.0127. The number of methoxy groups -OCH3 is 2. The summed E-state index contributed by atoms with van der Waals surface area (Å²) in [5.74, 6) is 0.750. The maximum absolute atomic E-state index is 14.0. The van der Waals surface area contributed by atoms with E-state index < -0.39 is 5.56 Å². The summed E-state index contributed by atoms with van der Waals surface area (Å²) in [5, 5.41) is 10.9. The predicted molar refractivity (Wildman–Crippen MR) is 142 cm³/mol. The van der Waals surface area contributed by atoms with Crippen molar-refractivity contribution in [2.75, 3.05) is 14.2 Å². The standard InChI is InChI=1S/C29H29N3O6/c1-36-23-9-6-10-24(37-2)27(23)32-25(18-38-21-7-5-8-21)30-28(34)22(29(32)35)17-19-12-14-20(15-13-19)31-16-4-3-11-26(31)33/h3-4,6,9-16,21,34H,5,7-8,17-18H2,1-2H3. The van der Waals surface area contributed by atoms with Crippen LogP contribution in [0.2, 0.25) is 0 Å². The first-order chi connectivity index (χ1) is 18.5. The first-order valence-electron chi connectivity index (χ1n) is 12.4. The fourth-order valence-electron chi connectivity index (χ4n) is 4.47. The van der Waals surface area contributed by atoms with Crippen molar-refractivity contribution in [3.05, 3.63) is 105 Å². The number of ether oxygens (including phenoxy) is 3. The molecule has 2 aromatic heterocycles. The highest BCUT2D eigenvalue weighted by molar-refractivity contribution is 5.58. The number of pyridine rings is 1. The fraction of sp³-hybridized carbons (Fsp3) is 0.276. The van der Waals surface area contributed by atoms with Gasteiger partial charge in [-0.3, -0.25) is 18.7 Å². The van der Waals surface area contributed by atoms with Crippen LogP contribution in [0.5, 0.6) is 17.4 Å². The molecule has 5 rings (SSSR count). The fourth-order valence-corrected chi connectivity index (χ4v) is 4.47. The molecular formula is C29H29N3O6. The van der Waals surface area contributed by atoms with Gasteiger partial charge < -0.3 is 19.3 Å². The van der Waals surface area contributed by atoms with Crippen LogP contribution in [-0.2, 0) is 17.8 Å². The Balaban J connectivity index is 1.57. The topological polar surface area (TPSA) is 105 Å². The van der Waals surface area contributed by atoms with Crippen LogP contribution in [-0.4, -0.2) is 39.5 Å². The van der Waals surface area contributed by atoms with E-state index in [2.05, 4.69) is 4.98 Å². The summed E-state index contributed by atoms with van der Waals surface area (Å²) in [6.07, 6.45) is 4.94. The normalized spacial score (nSPS) is 13.2. The molecule has 1 saturated carbocycles. The minimum absolute atomic E-state index is 0.0511. The Kier molecular flexibility index (Phi) is 7.28. The third-order valence-electron chi connectivity index (χ3n) is 6.77. The van der Waals surface area contributed by atoms with Crippen LogP contribution >= 0.6 is 0 Å². The average molecular weight is 516 g/mol. The SMILES string of the molecule is COc1cccc(OC)c1-n1c(COC2CCC2)nc(O)c(Cc2ccc(-n3ccccc3=O)cc2)c1=O. The second-order valence-electron chi connectivity index (χ2n) is 9.10. The third-order valence-corrected chi connectivity index (χ3v) is 6.77. The smallest absolute Gasteiger partial charge is 0.265 e. The Morgan fingerprint density at radius 2 is 1.66 bits per heavy atom. The van der Waals surface area contributed by atoms with Gasteiger partial charge in [0.15, 0.2) is 0 Å². The highest BCUT2D eigenvalue weighted by atomic mass is 16.5. The van der Waals surface area contributed by atoms with Gasteiger partial charge >= 0.3 is 0 Å². The second-order valence-corrected chi connectivity index (χ2v) is 9.10. The van der Waals surface area contributed by atoms with Gasteiger partial charge in [0.1, 0.15) is 29.6 Å². The van der Waals surface area contributed by atoms with Crippen molar-refractivity contribution in [2.45, 2.75) is 38.4 Å². The molecule has 4 aromatic rings. The number of rotatable bonds is 9. The van der Waals surface area contributed by atoms with Crippen molar-refractivity contribution in [1.29, 1.82) is 0 Å². The van der Waals surface area contributed by atoms with Crippen molar-refractivity contribution in [3.8, 4) is 28.8 Å². The van der Waals surface area contributed by atoms with E-state index in [1.165, 1.54) is 29.4 Å². The van der Waals surface area contributed by atoms with Gasteiger partial charge in [-0.25, -0.2) is 0 Å². The van der Waals surface area contributed by atoms with Crippen LogP contribution in [0.1, 0.15) is 36.2 Å². The van der Waals surface area contributed by atoms with Crippen LogP contribution in [0, 0.1) is 0 Å². The molecule has 1 aliphatic carbocycles. The third kappa shape index (κ3) is 4.92. The number of aromatic hydroxyl groups is 1. The first kappa shape index (κ1) is 25.3. The van der Waals surface area contributed by atoms with Gasteiger partial charge in [0.25, 0.3) is 11.1 Å². The van der Waals surface area contributed by atoms with Crippen LogP contribution in [0.4, 0.5) is 0 Å². The Morgan fingerprint density at radius 3 is 2.26 bits per heavy atom.